The number of hydrogen-bond donors (Lipinski definition) is 0. The maximum Gasteiger partial charge on any atom is 0.0144 e. The number of halogens is 2. The van der Waals surface area contributed by atoms with Crippen LogP contribution in [0.4, 0.5) is 0 Å². The van der Waals surface area contributed by atoms with Gasteiger partial charge in [0.05, 0.1) is 0 Å². The summed E-state index contributed by atoms with van der Waals surface area (Å²) in [5.74, 6) is 0. The average molecular weight is 198 g/mol. The maximum absolute atomic E-state index is 5.38. The summed E-state index contributed by atoms with van der Waals surface area (Å²) in [6, 6.07) is 0. The summed E-state index contributed by atoms with van der Waals surface area (Å²) in [4.78, 5) is 0. The Hall–Kier alpha value is 0.510. The molecule has 0 saturated heterocycles. The Bertz CT molecular complexity index is 78.6. The third kappa shape index (κ3) is 4.66. The van der Waals surface area contributed by atoms with Crippen LogP contribution >= 0.6 is 27.5 Å². The van der Waals surface area contributed by atoms with Crippen molar-refractivity contribution in [1.82, 2.24) is 0 Å². The van der Waals surface area contributed by atoms with E-state index in [2.05, 4.69) is 22.9 Å². The molecule has 0 bridgehead atoms. The lowest BCUT2D eigenvalue weighted by atomic mass is 10.2. The first kappa shape index (κ1) is 8.51. The number of unbranched alkanes of at least 4 members (excludes halogenated alkanes) is 1. The predicted octanol–water partition coefficient (Wildman–Crippen LogP) is 3.65. The van der Waals surface area contributed by atoms with Gasteiger partial charge in [-0.2, -0.15) is 0 Å². The van der Waals surface area contributed by atoms with Crippen LogP contribution in [0.15, 0.2) is 10.0 Å². The van der Waals surface area contributed by atoms with Crippen LogP contribution in [0.1, 0.15) is 26.2 Å². The SMILES string of the molecule is CCCCC(Br)=CCl. The second-order valence-electron chi connectivity index (χ2n) is 1.66. The highest BCUT2D eigenvalue weighted by Gasteiger charge is 1.86. The smallest absolute Gasteiger partial charge is 0.0144 e. The van der Waals surface area contributed by atoms with Crippen LogP contribution in [-0.2, 0) is 0 Å². The van der Waals surface area contributed by atoms with Crippen LogP contribution < -0.4 is 0 Å². The molecule has 0 unspecified atom stereocenters. The molecule has 0 aliphatic rings. The van der Waals surface area contributed by atoms with Crippen molar-refractivity contribution in [3.63, 3.8) is 0 Å². The van der Waals surface area contributed by atoms with Gasteiger partial charge in [0.1, 0.15) is 0 Å². The first-order valence-corrected chi connectivity index (χ1v) is 3.99. The van der Waals surface area contributed by atoms with Crippen LogP contribution in [0.3, 0.4) is 0 Å². The van der Waals surface area contributed by atoms with Gasteiger partial charge in [-0.3, -0.25) is 0 Å². The van der Waals surface area contributed by atoms with Crippen LogP contribution in [0.2, 0.25) is 0 Å². The van der Waals surface area contributed by atoms with Crippen LogP contribution in [0.5, 0.6) is 0 Å². The molecule has 0 aliphatic heterocycles. The van der Waals surface area contributed by atoms with Gasteiger partial charge in [-0.1, -0.05) is 40.9 Å². The molecule has 2 heteroatoms. The number of hydrogen-bond acceptors (Lipinski definition) is 0. The lowest BCUT2D eigenvalue weighted by molar-refractivity contribution is 0.811. The van der Waals surface area contributed by atoms with E-state index in [1.807, 2.05) is 0 Å². The summed E-state index contributed by atoms with van der Waals surface area (Å²) in [5.41, 5.74) is 1.58. The van der Waals surface area contributed by atoms with Gasteiger partial charge in [-0.25, -0.2) is 0 Å². The third-order valence-electron chi connectivity index (χ3n) is 0.888. The Kier molecular flexibility index (Phi) is 6.00. The highest BCUT2D eigenvalue weighted by molar-refractivity contribution is 9.11. The van der Waals surface area contributed by atoms with E-state index in [0.29, 0.717) is 0 Å². The second-order valence-corrected chi connectivity index (χ2v) is 2.90. The van der Waals surface area contributed by atoms with Crippen molar-refractivity contribution < 1.29 is 0 Å². The molecular weight excluding hydrogens is 187 g/mol. The van der Waals surface area contributed by atoms with E-state index in [9.17, 15) is 0 Å². The van der Waals surface area contributed by atoms with Gasteiger partial charge < -0.3 is 0 Å². The summed E-state index contributed by atoms with van der Waals surface area (Å²) in [5, 5.41) is 0. The normalized spacial score (nSPS) is 12.1. The molecule has 0 aromatic carbocycles. The Morgan fingerprint density at radius 2 is 2.38 bits per heavy atom. The Morgan fingerprint density at radius 3 is 2.75 bits per heavy atom. The van der Waals surface area contributed by atoms with Crippen molar-refractivity contribution in [3.05, 3.63) is 10.0 Å². The molecule has 0 fully saturated rings. The van der Waals surface area contributed by atoms with Gasteiger partial charge in [0.15, 0.2) is 0 Å². The Balaban J connectivity index is 3.12. The lowest BCUT2D eigenvalue weighted by Crippen LogP contribution is -1.69. The summed E-state index contributed by atoms with van der Waals surface area (Å²) in [7, 11) is 0. The van der Waals surface area contributed by atoms with Crippen LogP contribution in [-0.4, -0.2) is 0 Å². The zero-order valence-corrected chi connectivity index (χ0v) is 7.30. The second kappa shape index (κ2) is 5.64. The first-order chi connectivity index (χ1) is 3.81. The molecule has 0 amide bonds. The monoisotopic (exact) mass is 196 g/mol. The molecule has 0 aliphatic carbocycles. The molecule has 0 radical (unpaired) electrons. The van der Waals surface area contributed by atoms with E-state index < -0.39 is 0 Å². The van der Waals surface area contributed by atoms with Gasteiger partial charge in [-0.05, 0) is 12.8 Å². The topological polar surface area (TPSA) is 0 Å². The average Bonchev–Trinajstić information content (AvgIpc) is 1.83. The van der Waals surface area contributed by atoms with E-state index in [4.69, 9.17) is 11.6 Å². The molecule has 0 N–H and O–H groups in total. The van der Waals surface area contributed by atoms with Gasteiger partial charge >= 0.3 is 0 Å². The Labute approximate surface area is 64.0 Å². The molecule has 0 saturated carbocycles. The maximum atomic E-state index is 5.38. The van der Waals surface area contributed by atoms with Gasteiger partial charge in [0.2, 0.25) is 0 Å². The minimum atomic E-state index is 1.07. The van der Waals surface area contributed by atoms with E-state index in [0.717, 1.165) is 10.9 Å². The van der Waals surface area contributed by atoms with Crippen molar-refractivity contribution in [2.24, 2.45) is 0 Å². The molecular formula is C6H10BrCl. The molecule has 0 nitrogen and oxygen atoms in total. The van der Waals surface area contributed by atoms with Crippen molar-refractivity contribution in [2.45, 2.75) is 26.2 Å². The van der Waals surface area contributed by atoms with Crippen molar-refractivity contribution in [2.75, 3.05) is 0 Å². The zero-order valence-electron chi connectivity index (χ0n) is 4.95. The molecule has 48 valence electrons. The van der Waals surface area contributed by atoms with Crippen molar-refractivity contribution >= 4 is 27.5 Å². The van der Waals surface area contributed by atoms with E-state index in [1.54, 1.807) is 5.54 Å². The highest BCUT2D eigenvalue weighted by Crippen LogP contribution is 2.14. The van der Waals surface area contributed by atoms with E-state index in [1.165, 1.54) is 12.8 Å². The zero-order chi connectivity index (χ0) is 6.41. The minimum absolute atomic E-state index is 1.07. The minimum Gasteiger partial charge on any atom is -0.0921 e. The van der Waals surface area contributed by atoms with Crippen molar-refractivity contribution in [1.29, 1.82) is 0 Å². The predicted molar refractivity (Wildman–Crippen MR) is 42.4 cm³/mol. The highest BCUT2D eigenvalue weighted by atomic mass is 79.9. The fourth-order valence-electron chi connectivity index (χ4n) is 0.400. The summed E-state index contributed by atoms with van der Waals surface area (Å²) >= 11 is 8.69. The summed E-state index contributed by atoms with van der Waals surface area (Å²) < 4.78 is 1.10. The number of rotatable bonds is 3. The quantitative estimate of drug-likeness (QED) is 0.648. The van der Waals surface area contributed by atoms with Crippen molar-refractivity contribution in [3.8, 4) is 0 Å². The van der Waals surface area contributed by atoms with Gasteiger partial charge in [0, 0.05) is 10.0 Å². The fourth-order valence-corrected chi connectivity index (χ4v) is 0.790. The van der Waals surface area contributed by atoms with Crippen LogP contribution in [0, 0.1) is 0 Å². The van der Waals surface area contributed by atoms with E-state index >= 15 is 0 Å². The number of allylic oxidation sites excluding steroid dienone is 1. The molecule has 0 heterocycles. The molecule has 0 atom stereocenters. The van der Waals surface area contributed by atoms with Crippen LogP contribution in [0.25, 0.3) is 0 Å². The molecule has 0 rings (SSSR count). The summed E-state index contributed by atoms with van der Waals surface area (Å²) in [6.45, 7) is 2.16. The third-order valence-corrected chi connectivity index (χ3v) is 2.04. The Morgan fingerprint density at radius 1 is 1.75 bits per heavy atom. The molecule has 0 spiro atoms. The fraction of sp³-hybridized carbons (Fsp3) is 0.667. The van der Waals surface area contributed by atoms with E-state index in [-0.39, 0.29) is 0 Å². The molecule has 8 heavy (non-hydrogen) atoms. The molecule has 0 aromatic heterocycles. The van der Waals surface area contributed by atoms with Gasteiger partial charge in [0.25, 0.3) is 0 Å². The van der Waals surface area contributed by atoms with Gasteiger partial charge in [-0.15, -0.1) is 0 Å². The summed E-state index contributed by atoms with van der Waals surface area (Å²) in [6.07, 6.45) is 3.50. The first-order valence-electron chi connectivity index (χ1n) is 2.76. The lowest BCUT2D eigenvalue weighted by Gasteiger charge is -1.91. The molecule has 0 aromatic rings. The standard InChI is InChI=1S/C6H10BrCl/c1-2-3-4-6(7)5-8/h5H,2-4H2,1H3. The largest absolute Gasteiger partial charge is 0.0921 e.